The molecule has 6 nitrogen and oxygen atoms in total. The number of nitrogens with zero attached hydrogens (tertiary/aromatic N) is 2. The molecule has 0 bridgehead atoms. The Hall–Kier alpha value is -0.380. The normalized spacial score (nSPS) is 17.8. The van der Waals surface area contributed by atoms with Crippen LogP contribution in [0.5, 0.6) is 0 Å². The first-order valence-corrected chi connectivity index (χ1v) is 9.25. The minimum absolute atomic E-state index is 0. The number of carbonyl (C=O) groups excluding carboxylic acids is 1. The van der Waals surface area contributed by atoms with Gasteiger partial charge in [-0.15, -0.1) is 24.0 Å². The van der Waals surface area contributed by atoms with Crippen LogP contribution >= 0.6 is 35.7 Å². The Bertz CT molecular complexity index is 425. The van der Waals surface area contributed by atoms with Gasteiger partial charge in [0.1, 0.15) is 5.60 Å². The summed E-state index contributed by atoms with van der Waals surface area (Å²) in [4.78, 5) is 18.5. The van der Waals surface area contributed by atoms with E-state index in [0.717, 1.165) is 31.3 Å². The van der Waals surface area contributed by atoms with Crippen LogP contribution in [0, 0.1) is 0 Å². The number of halogens is 1. The van der Waals surface area contributed by atoms with Crippen molar-refractivity contribution in [2.24, 2.45) is 4.99 Å². The number of carbonyl (C=O) groups is 1. The maximum atomic E-state index is 11.6. The first-order chi connectivity index (χ1) is 10.6. The summed E-state index contributed by atoms with van der Waals surface area (Å²) in [5.74, 6) is 2.03. The van der Waals surface area contributed by atoms with Crippen LogP contribution in [-0.4, -0.2) is 65.8 Å². The lowest BCUT2D eigenvalue weighted by atomic mass is 10.2. The van der Waals surface area contributed by atoms with Crippen LogP contribution in [-0.2, 0) is 4.74 Å². The highest BCUT2D eigenvalue weighted by molar-refractivity contribution is 14.0. The third-order valence-corrected chi connectivity index (χ3v) is 4.40. The van der Waals surface area contributed by atoms with Crippen LogP contribution in [0.1, 0.15) is 41.5 Å². The van der Waals surface area contributed by atoms with Crippen molar-refractivity contribution in [3.8, 4) is 0 Å². The zero-order valence-corrected chi connectivity index (χ0v) is 18.9. The van der Waals surface area contributed by atoms with Crippen molar-refractivity contribution >= 4 is 47.8 Å². The molecule has 0 saturated carbocycles. The number of alkyl carbamates (subject to hydrolysis) is 1. The van der Waals surface area contributed by atoms with Gasteiger partial charge in [0.25, 0.3) is 0 Å². The van der Waals surface area contributed by atoms with Gasteiger partial charge in [0.15, 0.2) is 5.96 Å². The maximum absolute atomic E-state index is 11.6. The van der Waals surface area contributed by atoms with Gasteiger partial charge in [0.05, 0.1) is 6.54 Å². The minimum atomic E-state index is -0.473. The average molecular weight is 472 g/mol. The molecule has 1 amide bonds. The van der Waals surface area contributed by atoms with E-state index in [1.54, 1.807) is 0 Å². The van der Waals surface area contributed by atoms with Crippen molar-refractivity contribution in [1.29, 1.82) is 0 Å². The van der Waals surface area contributed by atoms with Crippen molar-refractivity contribution < 1.29 is 9.53 Å². The average Bonchev–Trinajstić information content (AvgIpc) is 2.39. The maximum Gasteiger partial charge on any atom is 0.407 e. The fraction of sp³-hybridized carbons (Fsp3) is 0.875. The van der Waals surface area contributed by atoms with Crippen LogP contribution < -0.4 is 10.6 Å². The fourth-order valence-electron chi connectivity index (χ4n) is 2.26. The monoisotopic (exact) mass is 472 g/mol. The fourth-order valence-corrected chi connectivity index (χ4v) is 3.37. The second-order valence-corrected chi connectivity index (χ2v) is 9.00. The Kier molecular flexibility index (Phi) is 10.4. The predicted octanol–water partition coefficient (Wildman–Crippen LogP) is 2.92. The van der Waals surface area contributed by atoms with Crippen LogP contribution in [0.3, 0.4) is 0 Å². The van der Waals surface area contributed by atoms with Gasteiger partial charge in [0.2, 0.25) is 0 Å². The van der Waals surface area contributed by atoms with Gasteiger partial charge in [0, 0.05) is 36.7 Å². The van der Waals surface area contributed by atoms with Gasteiger partial charge in [-0.05, 0) is 41.5 Å². The van der Waals surface area contributed by atoms with E-state index in [9.17, 15) is 4.79 Å². The molecule has 0 aromatic heterocycles. The molecule has 0 atom stereocenters. The molecular weight excluding hydrogens is 439 g/mol. The molecule has 8 heteroatoms. The number of aliphatic imine (C=N–C) groups is 1. The van der Waals surface area contributed by atoms with Gasteiger partial charge in [-0.3, -0.25) is 4.99 Å². The van der Waals surface area contributed by atoms with Crippen molar-refractivity contribution in [3.63, 3.8) is 0 Å². The van der Waals surface area contributed by atoms with Gasteiger partial charge in [-0.25, -0.2) is 4.79 Å². The van der Waals surface area contributed by atoms with Crippen molar-refractivity contribution in [3.05, 3.63) is 0 Å². The number of rotatable bonds is 4. The second kappa shape index (κ2) is 10.6. The molecule has 0 aliphatic carbocycles. The first-order valence-electron chi connectivity index (χ1n) is 8.27. The molecule has 0 aromatic carbocycles. The van der Waals surface area contributed by atoms with Gasteiger partial charge in [-0.2, -0.15) is 11.8 Å². The van der Waals surface area contributed by atoms with Crippen molar-refractivity contribution in [2.45, 2.75) is 51.9 Å². The molecule has 1 heterocycles. The highest BCUT2D eigenvalue weighted by Gasteiger charge is 2.28. The van der Waals surface area contributed by atoms with Gasteiger partial charge < -0.3 is 20.3 Å². The Morgan fingerprint density at radius 2 is 2.00 bits per heavy atom. The molecule has 0 aromatic rings. The molecule has 2 N–H and O–H groups in total. The SMILES string of the molecule is CCNC(=NCCNC(=O)OC(C)(C)C)N1CCSC(C)(C)C1.I. The van der Waals surface area contributed by atoms with Crippen LogP contribution in [0.25, 0.3) is 0 Å². The van der Waals surface area contributed by atoms with Crippen molar-refractivity contribution in [2.75, 3.05) is 38.5 Å². The van der Waals surface area contributed by atoms with Gasteiger partial charge in [-0.1, -0.05) is 0 Å². The lowest BCUT2D eigenvalue weighted by Gasteiger charge is -2.39. The van der Waals surface area contributed by atoms with Crippen LogP contribution in [0.15, 0.2) is 4.99 Å². The quantitative estimate of drug-likeness (QED) is 0.285. The number of hydrogen-bond donors (Lipinski definition) is 2. The highest BCUT2D eigenvalue weighted by atomic mass is 127. The van der Waals surface area contributed by atoms with E-state index in [-0.39, 0.29) is 28.7 Å². The minimum Gasteiger partial charge on any atom is -0.444 e. The number of nitrogens with one attached hydrogen (secondary N) is 2. The molecular formula is C16H33IN4O2S. The third-order valence-electron chi connectivity index (χ3n) is 3.10. The van der Waals surface area contributed by atoms with E-state index in [4.69, 9.17) is 4.74 Å². The summed E-state index contributed by atoms with van der Waals surface area (Å²) >= 11 is 2.00. The number of amides is 1. The lowest BCUT2D eigenvalue weighted by molar-refractivity contribution is 0.0529. The number of ether oxygens (including phenoxy) is 1. The van der Waals surface area contributed by atoms with E-state index in [0.29, 0.717) is 13.1 Å². The molecule has 1 rings (SSSR count). The summed E-state index contributed by atoms with van der Waals surface area (Å²) in [6.07, 6.45) is -0.395. The van der Waals surface area contributed by atoms with E-state index >= 15 is 0 Å². The molecule has 1 fully saturated rings. The predicted molar refractivity (Wildman–Crippen MR) is 114 cm³/mol. The Balaban J connectivity index is 0.00000529. The van der Waals surface area contributed by atoms with E-state index in [2.05, 4.69) is 41.3 Å². The molecule has 24 heavy (non-hydrogen) atoms. The Morgan fingerprint density at radius 3 is 2.54 bits per heavy atom. The first kappa shape index (κ1) is 23.6. The third kappa shape index (κ3) is 9.80. The molecule has 1 saturated heterocycles. The van der Waals surface area contributed by atoms with Gasteiger partial charge >= 0.3 is 6.09 Å². The van der Waals surface area contributed by atoms with Crippen LogP contribution in [0.4, 0.5) is 4.79 Å². The molecule has 0 radical (unpaired) electrons. The molecule has 1 aliphatic rings. The summed E-state index contributed by atoms with van der Waals surface area (Å²) in [6, 6.07) is 0. The number of thioether (sulfide) groups is 1. The van der Waals surface area contributed by atoms with Crippen LogP contribution in [0.2, 0.25) is 0 Å². The van der Waals surface area contributed by atoms with Crippen molar-refractivity contribution in [1.82, 2.24) is 15.5 Å². The summed E-state index contributed by atoms with van der Waals surface area (Å²) in [7, 11) is 0. The molecule has 0 unspecified atom stereocenters. The molecule has 0 spiro atoms. The zero-order chi connectivity index (χ0) is 17.5. The largest absolute Gasteiger partial charge is 0.444 e. The summed E-state index contributed by atoms with van der Waals surface area (Å²) in [6.45, 7) is 16.0. The molecule has 142 valence electrons. The Labute approximate surface area is 168 Å². The topological polar surface area (TPSA) is 66.0 Å². The van der Waals surface area contributed by atoms with E-state index in [1.807, 2.05) is 32.5 Å². The number of guanidine groups is 1. The summed E-state index contributed by atoms with van der Waals surface area (Å²) < 4.78 is 5.45. The highest BCUT2D eigenvalue weighted by Crippen LogP contribution is 2.29. The zero-order valence-electron chi connectivity index (χ0n) is 15.8. The summed E-state index contributed by atoms with van der Waals surface area (Å²) in [5.41, 5.74) is -0.473. The Morgan fingerprint density at radius 1 is 1.33 bits per heavy atom. The standard InChI is InChI=1S/C16H32N4O2S.HI/c1-7-17-13(20-10-11-23-16(5,6)12-20)18-8-9-19-14(21)22-15(2,3)4;/h7-12H2,1-6H3,(H,17,18)(H,19,21);1H. The van der Waals surface area contributed by atoms with E-state index < -0.39 is 11.7 Å². The second-order valence-electron chi connectivity index (χ2n) is 7.19. The molecule has 1 aliphatic heterocycles. The smallest absolute Gasteiger partial charge is 0.407 e. The van der Waals surface area contributed by atoms with E-state index in [1.165, 1.54) is 0 Å². The summed E-state index contributed by atoms with van der Waals surface area (Å²) in [5, 5.41) is 6.08. The number of hydrogen-bond acceptors (Lipinski definition) is 4. The lowest BCUT2D eigenvalue weighted by Crippen LogP contribution is -2.51.